The van der Waals surface area contributed by atoms with Crippen molar-refractivity contribution in [1.82, 2.24) is 0 Å². The molecule has 0 fully saturated rings. The van der Waals surface area contributed by atoms with Gasteiger partial charge in [-0.25, -0.2) is 0 Å². The minimum Gasteiger partial charge on any atom is -0.438 e. The number of nitrogens with zero attached hydrogens (tertiary/aromatic N) is 1. The van der Waals surface area contributed by atoms with Crippen LogP contribution in [-0.2, 0) is 4.74 Å². The quantitative estimate of drug-likeness (QED) is 0.575. The molecule has 2 heterocycles. The van der Waals surface area contributed by atoms with Crippen LogP contribution in [0.25, 0.3) is 0 Å². The van der Waals surface area contributed by atoms with E-state index < -0.39 is 0 Å². The predicted molar refractivity (Wildman–Crippen MR) is 60.9 cm³/mol. The van der Waals surface area contributed by atoms with E-state index in [1.807, 2.05) is 6.07 Å². The number of carbonyl (C=O) groups is 1. The Kier molecular flexibility index (Phi) is 3.41. The largest absolute Gasteiger partial charge is 0.438 e. The standard InChI is InChI=1S/C12H15NO3/c1-15-9-10-4-6-13(7-5-10)12-3-2-11(8-14)16-12/h2-4,8H,5-7,9H2,1H3. The SMILES string of the molecule is COCC1=CCN(c2ccc(C=O)o2)CC1. The van der Waals surface area contributed by atoms with Crippen molar-refractivity contribution in [1.29, 1.82) is 0 Å². The van der Waals surface area contributed by atoms with E-state index in [0.717, 1.165) is 31.7 Å². The summed E-state index contributed by atoms with van der Waals surface area (Å²) in [5.74, 6) is 1.14. The highest BCUT2D eigenvalue weighted by Gasteiger charge is 2.14. The number of methoxy groups -OCH3 is 1. The van der Waals surface area contributed by atoms with Crippen LogP contribution in [0.15, 0.2) is 28.2 Å². The molecule has 0 saturated carbocycles. The van der Waals surface area contributed by atoms with Gasteiger partial charge in [0.2, 0.25) is 0 Å². The molecule has 2 rings (SSSR count). The molecule has 0 saturated heterocycles. The van der Waals surface area contributed by atoms with Crippen LogP contribution < -0.4 is 4.90 Å². The lowest BCUT2D eigenvalue weighted by Crippen LogP contribution is -2.28. The van der Waals surface area contributed by atoms with Crippen LogP contribution in [0, 0.1) is 0 Å². The predicted octanol–water partition coefficient (Wildman–Crippen LogP) is 1.88. The number of ether oxygens (including phenoxy) is 1. The normalized spacial score (nSPS) is 16.1. The van der Waals surface area contributed by atoms with Gasteiger partial charge in [-0.1, -0.05) is 6.08 Å². The van der Waals surface area contributed by atoms with E-state index in [9.17, 15) is 4.79 Å². The van der Waals surface area contributed by atoms with Crippen molar-refractivity contribution in [2.24, 2.45) is 0 Å². The molecule has 0 aromatic carbocycles. The summed E-state index contributed by atoms with van der Waals surface area (Å²) in [5.41, 5.74) is 1.32. The molecule has 1 aromatic heterocycles. The van der Waals surface area contributed by atoms with E-state index in [1.54, 1.807) is 13.2 Å². The molecular weight excluding hydrogens is 206 g/mol. The van der Waals surface area contributed by atoms with Crippen LogP contribution in [0.4, 0.5) is 5.88 Å². The maximum Gasteiger partial charge on any atom is 0.196 e. The Balaban J connectivity index is 2.00. The lowest BCUT2D eigenvalue weighted by Gasteiger charge is -2.25. The molecule has 1 aliphatic rings. The first-order chi connectivity index (χ1) is 7.83. The molecule has 1 aromatic rings. The second kappa shape index (κ2) is 4.99. The summed E-state index contributed by atoms with van der Waals surface area (Å²) >= 11 is 0. The molecule has 86 valence electrons. The van der Waals surface area contributed by atoms with E-state index in [4.69, 9.17) is 9.15 Å². The third kappa shape index (κ3) is 2.33. The molecule has 0 N–H and O–H groups in total. The van der Waals surface area contributed by atoms with Crippen molar-refractivity contribution in [3.05, 3.63) is 29.5 Å². The van der Waals surface area contributed by atoms with Gasteiger partial charge in [-0.3, -0.25) is 4.79 Å². The number of furan rings is 1. The summed E-state index contributed by atoms with van der Waals surface area (Å²) < 4.78 is 10.5. The number of anilines is 1. The van der Waals surface area contributed by atoms with E-state index in [0.29, 0.717) is 12.4 Å². The molecule has 0 atom stereocenters. The van der Waals surface area contributed by atoms with Crippen LogP contribution in [-0.4, -0.2) is 33.1 Å². The molecule has 4 heteroatoms. The van der Waals surface area contributed by atoms with Crippen LogP contribution in [0.3, 0.4) is 0 Å². The first kappa shape index (κ1) is 11.0. The summed E-state index contributed by atoms with van der Waals surface area (Å²) in [5, 5.41) is 0. The second-order valence-corrected chi connectivity index (χ2v) is 3.79. The van der Waals surface area contributed by atoms with Crippen molar-refractivity contribution in [3.8, 4) is 0 Å². The van der Waals surface area contributed by atoms with Gasteiger partial charge in [-0.2, -0.15) is 0 Å². The molecule has 4 nitrogen and oxygen atoms in total. The third-order valence-electron chi connectivity index (χ3n) is 2.67. The van der Waals surface area contributed by atoms with E-state index in [1.165, 1.54) is 5.57 Å². The van der Waals surface area contributed by atoms with Gasteiger partial charge in [-0.15, -0.1) is 0 Å². The summed E-state index contributed by atoms with van der Waals surface area (Å²) in [6.45, 7) is 2.41. The fourth-order valence-corrected chi connectivity index (χ4v) is 1.80. The highest BCUT2D eigenvalue weighted by atomic mass is 16.5. The minimum absolute atomic E-state index is 0.377. The first-order valence-electron chi connectivity index (χ1n) is 5.30. The molecule has 0 aliphatic carbocycles. The lowest BCUT2D eigenvalue weighted by molar-refractivity contribution is 0.110. The maximum atomic E-state index is 10.5. The van der Waals surface area contributed by atoms with E-state index in [2.05, 4.69) is 11.0 Å². The van der Waals surface area contributed by atoms with Gasteiger partial charge in [-0.05, 0) is 18.1 Å². The average molecular weight is 221 g/mol. The summed E-state index contributed by atoms with van der Waals surface area (Å²) in [6.07, 6.45) is 3.85. The Labute approximate surface area is 94.5 Å². The highest BCUT2D eigenvalue weighted by molar-refractivity contribution is 5.71. The van der Waals surface area contributed by atoms with Gasteiger partial charge in [0.25, 0.3) is 0 Å². The molecule has 1 aliphatic heterocycles. The Bertz CT molecular complexity index is 395. The van der Waals surface area contributed by atoms with Gasteiger partial charge in [0.15, 0.2) is 17.9 Å². The molecular formula is C12H15NO3. The van der Waals surface area contributed by atoms with Crippen LogP contribution in [0.2, 0.25) is 0 Å². The number of rotatable bonds is 4. The van der Waals surface area contributed by atoms with Gasteiger partial charge in [0, 0.05) is 26.3 Å². The van der Waals surface area contributed by atoms with Crippen LogP contribution in [0.1, 0.15) is 17.0 Å². The van der Waals surface area contributed by atoms with E-state index in [-0.39, 0.29) is 0 Å². The fraction of sp³-hybridized carbons (Fsp3) is 0.417. The lowest BCUT2D eigenvalue weighted by atomic mass is 10.1. The summed E-state index contributed by atoms with van der Waals surface area (Å²) in [7, 11) is 1.70. The summed E-state index contributed by atoms with van der Waals surface area (Å²) in [4.78, 5) is 12.6. The monoisotopic (exact) mass is 221 g/mol. The first-order valence-corrected chi connectivity index (χ1v) is 5.30. The number of hydrogen-bond donors (Lipinski definition) is 0. The van der Waals surface area contributed by atoms with Crippen LogP contribution in [0.5, 0.6) is 0 Å². The zero-order chi connectivity index (χ0) is 11.4. The number of aldehydes is 1. The van der Waals surface area contributed by atoms with Gasteiger partial charge >= 0.3 is 0 Å². The van der Waals surface area contributed by atoms with Crippen molar-refractivity contribution >= 4 is 12.2 Å². The Morgan fingerprint density at radius 3 is 3.00 bits per heavy atom. The smallest absolute Gasteiger partial charge is 0.196 e. The van der Waals surface area contributed by atoms with Crippen molar-refractivity contribution < 1.29 is 13.9 Å². The topological polar surface area (TPSA) is 42.7 Å². The van der Waals surface area contributed by atoms with Gasteiger partial charge < -0.3 is 14.1 Å². The zero-order valence-corrected chi connectivity index (χ0v) is 9.31. The molecule has 16 heavy (non-hydrogen) atoms. The van der Waals surface area contributed by atoms with E-state index >= 15 is 0 Å². The van der Waals surface area contributed by atoms with Crippen molar-refractivity contribution in [3.63, 3.8) is 0 Å². The molecule has 0 bridgehead atoms. The zero-order valence-electron chi connectivity index (χ0n) is 9.31. The Hall–Kier alpha value is -1.55. The number of carbonyl (C=O) groups excluding carboxylic acids is 1. The fourth-order valence-electron chi connectivity index (χ4n) is 1.80. The van der Waals surface area contributed by atoms with Crippen LogP contribution >= 0.6 is 0 Å². The maximum absolute atomic E-state index is 10.5. The van der Waals surface area contributed by atoms with Gasteiger partial charge in [0.05, 0.1) is 6.61 Å². The number of hydrogen-bond acceptors (Lipinski definition) is 4. The molecule has 0 unspecified atom stereocenters. The Morgan fingerprint density at radius 1 is 1.56 bits per heavy atom. The second-order valence-electron chi connectivity index (χ2n) is 3.79. The highest BCUT2D eigenvalue weighted by Crippen LogP contribution is 2.21. The Morgan fingerprint density at radius 2 is 2.44 bits per heavy atom. The molecule has 0 radical (unpaired) electrons. The molecule has 0 spiro atoms. The summed E-state index contributed by atoms with van der Waals surface area (Å²) in [6, 6.07) is 3.52. The average Bonchev–Trinajstić information content (AvgIpc) is 2.79. The van der Waals surface area contributed by atoms with Crippen molar-refractivity contribution in [2.45, 2.75) is 6.42 Å². The van der Waals surface area contributed by atoms with Crippen molar-refractivity contribution in [2.75, 3.05) is 31.7 Å². The molecule has 0 amide bonds. The minimum atomic E-state index is 0.377. The third-order valence-corrected chi connectivity index (χ3v) is 2.67. The van der Waals surface area contributed by atoms with Gasteiger partial charge in [0.1, 0.15) is 0 Å².